The minimum atomic E-state index is -0.495. The van der Waals surface area contributed by atoms with Crippen molar-refractivity contribution in [2.24, 2.45) is 0 Å². The first-order valence-electron chi connectivity index (χ1n) is 8.33. The van der Waals surface area contributed by atoms with Crippen molar-refractivity contribution in [1.82, 2.24) is 14.7 Å². The highest BCUT2D eigenvalue weighted by Gasteiger charge is 2.22. The predicted molar refractivity (Wildman–Crippen MR) is 104 cm³/mol. The van der Waals surface area contributed by atoms with Crippen molar-refractivity contribution in [3.63, 3.8) is 0 Å². The number of amides is 1. The van der Waals surface area contributed by atoms with Crippen molar-refractivity contribution in [2.75, 3.05) is 11.1 Å². The molecule has 1 atom stereocenters. The van der Waals surface area contributed by atoms with E-state index < -0.39 is 10.8 Å². The van der Waals surface area contributed by atoms with Crippen LogP contribution < -0.4 is 16.6 Å². The maximum atomic E-state index is 12.6. The van der Waals surface area contributed by atoms with E-state index in [0.29, 0.717) is 23.2 Å². The normalized spacial score (nSPS) is 11.9. The summed E-state index contributed by atoms with van der Waals surface area (Å²) in [5.74, 6) is 0.942. The van der Waals surface area contributed by atoms with E-state index in [1.165, 1.54) is 17.8 Å². The lowest BCUT2D eigenvalue weighted by molar-refractivity contribution is -0.115. The zero-order chi connectivity index (χ0) is 19.4. The average Bonchev–Trinajstić information content (AvgIpc) is 3.04. The number of nitrogen functional groups attached to an aromatic ring is 1. The monoisotopic (exact) mass is 385 g/mol. The van der Waals surface area contributed by atoms with Gasteiger partial charge in [-0.05, 0) is 25.5 Å². The fourth-order valence-corrected chi connectivity index (χ4v) is 3.52. The van der Waals surface area contributed by atoms with E-state index in [9.17, 15) is 9.59 Å². The molecule has 8 nitrogen and oxygen atoms in total. The number of nitrogens with zero attached hydrogens (tertiary/aromatic N) is 3. The molecule has 3 rings (SSSR count). The Morgan fingerprint density at radius 2 is 2.07 bits per heavy atom. The quantitative estimate of drug-likeness (QED) is 0.495. The van der Waals surface area contributed by atoms with Gasteiger partial charge in [-0.15, -0.1) is 0 Å². The van der Waals surface area contributed by atoms with E-state index >= 15 is 0 Å². The van der Waals surface area contributed by atoms with Gasteiger partial charge < -0.3 is 15.6 Å². The zero-order valence-corrected chi connectivity index (χ0v) is 15.7. The molecule has 0 spiro atoms. The van der Waals surface area contributed by atoms with Gasteiger partial charge in [0.25, 0.3) is 5.56 Å². The Morgan fingerprint density at radius 1 is 1.33 bits per heavy atom. The van der Waals surface area contributed by atoms with E-state index in [1.807, 2.05) is 37.3 Å². The van der Waals surface area contributed by atoms with Gasteiger partial charge in [-0.25, -0.2) is 0 Å². The summed E-state index contributed by atoms with van der Waals surface area (Å²) in [6, 6.07) is 12.2. The molecule has 0 unspecified atom stereocenters. The third-order valence-corrected chi connectivity index (χ3v) is 5.05. The van der Waals surface area contributed by atoms with Crippen LogP contribution in [0, 0.1) is 6.92 Å². The number of para-hydroxylation sites is 1. The standard InChI is InChI=1S/C18H19N5O3S/c1-3-13(17(25)20-15-9-11(2)26-22-15)27-18-21-16(24)10-14(19)23(18)12-7-5-4-6-8-12/h4-10,13H,3,19H2,1-2H3,(H,20,22,25)/t13-/m0/s1. The maximum Gasteiger partial charge on any atom is 0.275 e. The number of nitrogens with two attached hydrogens (primary N) is 1. The molecular formula is C18H19N5O3S. The van der Waals surface area contributed by atoms with E-state index in [4.69, 9.17) is 10.3 Å². The second-order valence-corrected chi connectivity index (χ2v) is 6.97. The van der Waals surface area contributed by atoms with Gasteiger partial charge in [-0.1, -0.05) is 42.0 Å². The minimum Gasteiger partial charge on any atom is -0.385 e. The molecule has 0 bridgehead atoms. The number of carbonyl (C=O) groups excluding carboxylic acids is 1. The summed E-state index contributed by atoms with van der Waals surface area (Å²) in [5.41, 5.74) is 6.36. The van der Waals surface area contributed by atoms with Crippen molar-refractivity contribution in [3.8, 4) is 5.69 Å². The average molecular weight is 385 g/mol. The maximum absolute atomic E-state index is 12.6. The number of thioether (sulfide) groups is 1. The Bertz CT molecular complexity index is 1000. The zero-order valence-electron chi connectivity index (χ0n) is 14.9. The van der Waals surface area contributed by atoms with Crippen molar-refractivity contribution in [1.29, 1.82) is 0 Å². The number of hydrogen-bond donors (Lipinski definition) is 2. The molecule has 0 saturated heterocycles. The highest BCUT2D eigenvalue weighted by Crippen LogP contribution is 2.28. The molecule has 140 valence electrons. The molecule has 3 N–H and O–H groups in total. The van der Waals surface area contributed by atoms with Crippen LogP contribution in [0.2, 0.25) is 0 Å². The van der Waals surface area contributed by atoms with E-state index in [-0.39, 0.29) is 11.7 Å². The first-order chi connectivity index (χ1) is 13.0. The summed E-state index contributed by atoms with van der Waals surface area (Å²) in [6.07, 6.45) is 0.521. The summed E-state index contributed by atoms with van der Waals surface area (Å²) in [5, 5.41) is 6.33. The number of hydrogen-bond acceptors (Lipinski definition) is 7. The van der Waals surface area contributed by atoms with Gasteiger partial charge in [0.1, 0.15) is 11.6 Å². The molecule has 0 aliphatic rings. The van der Waals surface area contributed by atoms with Crippen LogP contribution in [0.1, 0.15) is 19.1 Å². The highest BCUT2D eigenvalue weighted by molar-refractivity contribution is 8.00. The molecule has 0 radical (unpaired) electrons. The van der Waals surface area contributed by atoms with Crippen LogP contribution in [0.5, 0.6) is 0 Å². The van der Waals surface area contributed by atoms with Crippen molar-refractivity contribution < 1.29 is 9.32 Å². The lowest BCUT2D eigenvalue weighted by Gasteiger charge is -2.18. The highest BCUT2D eigenvalue weighted by atomic mass is 32.2. The SMILES string of the molecule is CC[C@H](Sc1nc(=O)cc(N)n1-c1ccccc1)C(=O)Nc1cc(C)on1. The molecule has 27 heavy (non-hydrogen) atoms. The Kier molecular flexibility index (Phi) is 5.60. The topological polar surface area (TPSA) is 116 Å². The summed E-state index contributed by atoms with van der Waals surface area (Å²) < 4.78 is 6.61. The van der Waals surface area contributed by atoms with Crippen LogP contribution in [0.25, 0.3) is 5.69 Å². The van der Waals surface area contributed by atoms with Crippen LogP contribution in [0.3, 0.4) is 0 Å². The predicted octanol–water partition coefficient (Wildman–Crippen LogP) is 2.62. The molecule has 3 aromatic rings. The van der Waals surface area contributed by atoms with Crippen LogP contribution in [0.4, 0.5) is 11.6 Å². The van der Waals surface area contributed by atoms with Gasteiger partial charge in [0.2, 0.25) is 5.91 Å². The summed E-state index contributed by atoms with van der Waals surface area (Å²) >= 11 is 1.17. The minimum absolute atomic E-state index is 0.256. The number of carbonyl (C=O) groups is 1. The van der Waals surface area contributed by atoms with Gasteiger partial charge >= 0.3 is 0 Å². The number of anilines is 2. The number of rotatable bonds is 6. The summed E-state index contributed by atoms with van der Waals surface area (Å²) in [6.45, 7) is 3.62. The molecule has 0 saturated carbocycles. The number of aryl methyl sites for hydroxylation is 1. The molecule has 0 fully saturated rings. The van der Waals surface area contributed by atoms with Crippen LogP contribution >= 0.6 is 11.8 Å². The third kappa shape index (κ3) is 4.37. The first-order valence-corrected chi connectivity index (χ1v) is 9.21. The second kappa shape index (κ2) is 8.09. The van der Waals surface area contributed by atoms with Gasteiger partial charge in [-0.2, -0.15) is 4.98 Å². The Labute approximate surface area is 159 Å². The first kappa shape index (κ1) is 18.7. The second-order valence-electron chi connectivity index (χ2n) is 5.80. The molecule has 0 aliphatic carbocycles. The largest absolute Gasteiger partial charge is 0.385 e. The van der Waals surface area contributed by atoms with Crippen LogP contribution in [-0.4, -0.2) is 25.9 Å². The lowest BCUT2D eigenvalue weighted by Crippen LogP contribution is -2.26. The van der Waals surface area contributed by atoms with E-state index in [2.05, 4.69) is 15.5 Å². The Balaban J connectivity index is 1.91. The summed E-state index contributed by atoms with van der Waals surface area (Å²) in [4.78, 5) is 28.6. The van der Waals surface area contributed by atoms with Gasteiger partial charge in [0.15, 0.2) is 11.0 Å². The van der Waals surface area contributed by atoms with Crippen molar-refractivity contribution in [2.45, 2.75) is 30.7 Å². The van der Waals surface area contributed by atoms with Gasteiger partial charge in [0, 0.05) is 17.8 Å². The van der Waals surface area contributed by atoms with Gasteiger partial charge in [0.05, 0.1) is 5.25 Å². The van der Waals surface area contributed by atoms with E-state index in [1.54, 1.807) is 17.6 Å². The van der Waals surface area contributed by atoms with Gasteiger partial charge in [-0.3, -0.25) is 14.2 Å². The van der Waals surface area contributed by atoms with Crippen molar-refractivity contribution >= 4 is 29.3 Å². The molecule has 0 aliphatic heterocycles. The number of aromatic nitrogens is 3. The van der Waals surface area contributed by atoms with Crippen molar-refractivity contribution in [3.05, 3.63) is 58.6 Å². The fraction of sp³-hybridized carbons (Fsp3) is 0.222. The number of benzene rings is 1. The summed E-state index contributed by atoms with van der Waals surface area (Å²) in [7, 11) is 0. The molecule has 1 aromatic carbocycles. The molecule has 2 aromatic heterocycles. The molecule has 1 amide bonds. The smallest absolute Gasteiger partial charge is 0.275 e. The fourth-order valence-electron chi connectivity index (χ4n) is 2.48. The Hall–Kier alpha value is -3.07. The molecular weight excluding hydrogens is 366 g/mol. The molecule has 9 heteroatoms. The third-order valence-electron chi connectivity index (χ3n) is 3.73. The number of nitrogens with one attached hydrogen (secondary N) is 1. The lowest BCUT2D eigenvalue weighted by atomic mass is 10.3. The molecule has 2 heterocycles. The Morgan fingerprint density at radius 3 is 2.70 bits per heavy atom. The van der Waals surface area contributed by atoms with Crippen LogP contribution in [-0.2, 0) is 4.79 Å². The van der Waals surface area contributed by atoms with Crippen LogP contribution in [0.15, 0.2) is 56.9 Å². The van der Waals surface area contributed by atoms with E-state index in [0.717, 1.165) is 5.69 Å².